The van der Waals surface area contributed by atoms with Crippen LogP contribution in [0.5, 0.6) is 0 Å². The van der Waals surface area contributed by atoms with E-state index in [1.54, 1.807) is 11.9 Å². The largest absolute Gasteiger partial charge is 0.362 e. The molecule has 11 heteroatoms. The van der Waals surface area contributed by atoms with Gasteiger partial charge in [0, 0.05) is 51.0 Å². The van der Waals surface area contributed by atoms with Gasteiger partial charge in [-0.1, -0.05) is 6.92 Å². The standard InChI is InChI=1S/C16H24N4O5S.ClH/c1-12(11-17-2)16(21)19-8-6-18(7-9-19)14-5-4-13(26(3,24)25)10-15(14)20(22)23;/h4-5,10,12,17H,6-9,11H2,1-3H3;1H. The Hall–Kier alpha value is -1.91. The molecule has 1 fully saturated rings. The third-order valence-electron chi connectivity index (χ3n) is 4.44. The first-order valence-electron chi connectivity index (χ1n) is 8.32. The monoisotopic (exact) mass is 420 g/mol. The van der Waals surface area contributed by atoms with Crippen LogP contribution in [0.1, 0.15) is 6.92 Å². The second-order valence-corrected chi connectivity index (χ2v) is 8.47. The molecule has 0 bridgehead atoms. The molecular formula is C16H25ClN4O5S. The van der Waals surface area contributed by atoms with Crippen molar-refractivity contribution in [2.24, 2.45) is 5.92 Å². The Morgan fingerprint density at radius 2 is 1.89 bits per heavy atom. The number of anilines is 1. The number of halogens is 1. The van der Waals surface area contributed by atoms with Crippen molar-refractivity contribution in [2.45, 2.75) is 11.8 Å². The lowest BCUT2D eigenvalue weighted by Crippen LogP contribution is -2.51. The number of piperazine rings is 1. The average molecular weight is 421 g/mol. The number of benzene rings is 1. The summed E-state index contributed by atoms with van der Waals surface area (Å²) in [6.07, 6.45) is 1.02. The molecule has 27 heavy (non-hydrogen) atoms. The van der Waals surface area contributed by atoms with E-state index in [0.717, 1.165) is 12.3 Å². The van der Waals surface area contributed by atoms with Gasteiger partial charge in [-0.3, -0.25) is 14.9 Å². The molecule has 1 aliphatic heterocycles. The lowest BCUT2D eigenvalue weighted by atomic mass is 10.1. The Morgan fingerprint density at radius 1 is 1.30 bits per heavy atom. The molecule has 0 aromatic heterocycles. The molecule has 1 unspecified atom stereocenters. The van der Waals surface area contributed by atoms with Gasteiger partial charge < -0.3 is 15.1 Å². The lowest BCUT2D eigenvalue weighted by molar-refractivity contribution is -0.384. The van der Waals surface area contributed by atoms with Gasteiger partial charge in [0.1, 0.15) is 5.69 Å². The highest BCUT2D eigenvalue weighted by atomic mass is 35.5. The predicted octanol–water partition coefficient (Wildman–Crippen LogP) is 0.924. The van der Waals surface area contributed by atoms with E-state index >= 15 is 0 Å². The number of nitrogens with one attached hydrogen (secondary N) is 1. The Labute approximate surface area is 165 Å². The molecular weight excluding hydrogens is 396 g/mol. The topological polar surface area (TPSA) is 113 Å². The molecule has 9 nitrogen and oxygen atoms in total. The van der Waals surface area contributed by atoms with Gasteiger partial charge in [-0.15, -0.1) is 12.4 Å². The normalized spacial score (nSPS) is 15.8. The van der Waals surface area contributed by atoms with Gasteiger partial charge in [0.05, 0.1) is 9.82 Å². The van der Waals surface area contributed by atoms with Crippen molar-refractivity contribution in [1.29, 1.82) is 0 Å². The highest BCUT2D eigenvalue weighted by Crippen LogP contribution is 2.31. The number of carbonyl (C=O) groups excluding carboxylic acids is 1. The molecule has 152 valence electrons. The molecule has 1 saturated heterocycles. The van der Waals surface area contributed by atoms with Crippen molar-refractivity contribution in [3.8, 4) is 0 Å². The molecule has 0 aliphatic carbocycles. The van der Waals surface area contributed by atoms with Crippen molar-refractivity contribution in [3.05, 3.63) is 28.3 Å². The van der Waals surface area contributed by atoms with Crippen LogP contribution < -0.4 is 10.2 Å². The summed E-state index contributed by atoms with van der Waals surface area (Å²) in [6.45, 7) is 4.31. The highest BCUT2D eigenvalue weighted by Gasteiger charge is 2.28. The van der Waals surface area contributed by atoms with Gasteiger partial charge in [0.15, 0.2) is 9.84 Å². The summed E-state index contributed by atoms with van der Waals surface area (Å²) in [5.74, 6) is -0.0733. The predicted molar refractivity (Wildman–Crippen MR) is 105 cm³/mol. The Bertz CT molecular complexity index is 794. The SMILES string of the molecule is CNCC(C)C(=O)N1CCN(c2ccc(S(C)(=O)=O)cc2[N+](=O)[O-])CC1.Cl. The van der Waals surface area contributed by atoms with Crippen LogP contribution in [0.15, 0.2) is 23.1 Å². The molecule has 0 saturated carbocycles. The fourth-order valence-electron chi connectivity index (χ4n) is 3.02. The quantitative estimate of drug-likeness (QED) is 0.537. The molecule has 1 aliphatic rings. The molecule has 1 aromatic rings. The summed E-state index contributed by atoms with van der Waals surface area (Å²) in [7, 11) is -1.73. The molecule has 0 spiro atoms. The van der Waals surface area contributed by atoms with Crippen molar-refractivity contribution in [3.63, 3.8) is 0 Å². The molecule has 1 atom stereocenters. The van der Waals surface area contributed by atoms with Gasteiger partial charge in [0.25, 0.3) is 5.69 Å². The molecule has 1 amide bonds. The van der Waals surface area contributed by atoms with Crippen molar-refractivity contribution in [1.82, 2.24) is 10.2 Å². The summed E-state index contributed by atoms with van der Waals surface area (Å²) in [5.41, 5.74) is 0.133. The number of sulfone groups is 1. The Morgan fingerprint density at radius 3 is 2.37 bits per heavy atom. The van der Waals surface area contributed by atoms with Crippen LogP contribution >= 0.6 is 12.4 Å². The van der Waals surface area contributed by atoms with Crippen LogP contribution in [0.25, 0.3) is 0 Å². The molecule has 1 heterocycles. The van der Waals surface area contributed by atoms with Crippen LogP contribution in [0.3, 0.4) is 0 Å². The minimum atomic E-state index is -3.52. The number of carbonyl (C=O) groups is 1. The van der Waals surface area contributed by atoms with Crippen molar-refractivity contribution in [2.75, 3.05) is 50.9 Å². The van der Waals surface area contributed by atoms with Gasteiger partial charge in [0.2, 0.25) is 5.91 Å². The maximum atomic E-state index is 12.4. The molecule has 1 N–H and O–H groups in total. The third-order valence-corrected chi connectivity index (χ3v) is 5.55. The maximum absolute atomic E-state index is 12.4. The molecule has 0 radical (unpaired) electrons. The van der Waals surface area contributed by atoms with E-state index in [4.69, 9.17) is 0 Å². The average Bonchev–Trinajstić information content (AvgIpc) is 2.60. The fourth-order valence-corrected chi connectivity index (χ4v) is 3.66. The number of amides is 1. The first-order chi connectivity index (χ1) is 12.1. The van der Waals surface area contributed by atoms with Crippen LogP contribution in [0.4, 0.5) is 11.4 Å². The van der Waals surface area contributed by atoms with Crippen molar-refractivity contribution < 1.29 is 18.1 Å². The van der Waals surface area contributed by atoms with Crippen LogP contribution in [-0.4, -0.2) is 70.2 Å². The van der Waals surface area contributed by atoms with E-state index in [0.29, 0.717) is 38.4 Å². The zero-order valence-corrected chi connectivity index (χ0v) is 17.2. The van der Waals surface area contributed by atoms with E-state index in [2.05, 4.69) is 5.32 Å². The van der Waals surface area contributed by atoms with Gasteiger partial charge in [-0.2, -0.15) is 0 Å². The Kier molecular flexibility index (Phi) is 8.00. The van der Waals surface area contributed by atoms with Gasteiger partial charge >= 0.3 is 0 Å². The van der Waals surface area contributed by atoms with Crippen LogP contribution in [0.2, 0.25) is 0 Å². The van der Waals surface area contributed by atoms with E-state index in [1.165, 1.54) is 12.1 Å². The second kappa shape index (κ2) is 9.34. The molecule has 2 rings (SSSR count). The van der Waals surface area contributed by atoms with E-state index < -0.39 is 14.8 Å². The fraction of sp³-hybridized carbons (Fsp3) is 0.562. The number of hydrogen-bond acceptors (Lipinski definition) is 7. The van der Waals surface area contributed by atoms with Crippen LogP contribution in [-0.2, 0) is 14.6 Å². The van der Waals surface area contributed by atoms with Gasteiger partial charge in [-0.25, -0.2) is 8.42 Å². The summed E-state index contributed by atoms with van der Waals surface area (Å²) >= 11 is 0. The highest BCUT2D eigenvalue weighted by molar-refractivity contribution is 7.90. The number of rotatable bonds is 6. The van der Waals surface area contributed by atoms with E-state index in [1.807, 2.05) is 11.8 Å². The van der Waals surface area contributed by atoms with E-state index in [-0.39, 0.29) is 34.8 Å². The minimum absolute atomic E-state index is 0. The first-order valence-corrected chi connectivity index (χ1v) is 10.2. The lowest BCUT2D eigenvalue weighted by Gasteiger charge is -2.37. The first kappa shape index (κ1) is 23.1. The maximum Gasteiger partial charge on any atom is 0.293 e. The van der Waals surface area contributed by atoms with Crippen molar-refractivity contribution >= 4 is 39.5 Å². The summed E-state index contributed by atoms with van der Waals surface area (Å²) in [5, 5.41) is 14.4. The third kappa shape index (κ3) is 5.53. The minimum Gasteiger partial charge on any atom is -0.362 e. The zero-order valence-electron chi connectivity index (χ0n) is 15.5. The second-order valence-electron chi connectivity index (χ2n) is 6.45. The Balaban J connectivity index is 0.00000364. The zero-order chi connectivity index (χ0) is 19.5. The van der Waals surface area contributed by atoms with Crippen LogP contribution in [0, 0.1) is 16.0 Å². The summed E-state index contributed by atoms with van der Waals surface area (Å²) < 4.78 is 23.3. The van der Waals surface area contributed by atoms with E-state index in [9.17, 15) is 23.3 Å². The number of nitro groups is 1. The van der Waals surface area contributed by atoms with Gasteiger partial charge in [-0.05, 0) is 19.2 Å². The number of hydrogen-bond donors (Lipinski definition) is 1. The summed E-state index contributed by atoms with van der Waals surface area (Å²) in [4.78, 5) is 26.7. The number of nitrogens with zero attached hydrogens (tertiary/aromatic N) is 3. The number of nitro benzene ring substituents is 1. The molecule has 1 aromatic carbocycles. The summed E-state index contributed by atoms with van der Waals surface area (Å²) in [6, 6.07) is 3.94. The smallest absolute Gasteiger partial charge is 0.293 e.